The molecule has 0 fully saturated rings. The van der Waals surface area contributed by atoms with Crippen molar-refractivity contribution in [2.24, 2.45) is 5.41 Å². The molecule has 8 heteroatoms. The monoisotopic (exact) mass is 434 g/mol. The van der Waals surface area contributed by atoms with Crippen molar-refractivity contribution in [2.75, 3.05) is 26.4 Å². The molecular formula is C22H42O8. The van der Waals surface area contributed by atoms with Gasteiger partial charge in [-0.1, -0.05) is 39.5 Å². The third-order valence-corrected chi connectivity index (χ3v) is 5.16. The van der Waals surface area contributed by atoms with E-state index in [0.717, 1.165) is 38.5 Å². The number of carbonyl (C=O) groups is 2. The van der Waals surface area contributed by atoms with Crippen molar-refractivity contribution in [2.45, 2.75) is 96.7 Å². The van der Waals surface area contributed by atoms with Gasteiger partial charge in [-0.25, -0.2) is 0 Å². The molecule has 0 bridgehead atoms. The first-order valence-corrected chi connectivity index (χ1v) is 11.2. The van der Waals surface area contributed by atoms with E-state index < -0.39 is 29.6 Å². The van der Waals surface area contributed by atoms with Crippen LogP contribution in [0.25, 0.3) is 0 Å². The van der Waals surface area contributed by atoms with Crippen molar-refractivity contribution in [3.63, 3.8) is 0 Å². The Morgan fingerprint density at radius 1 is 0.800 bits per heavy atom. The van der Waals surface area contributed by atoms with E-state index in [9.17, 15) is 24.9 Å². The van der Waals surface area contributed by atoms with Gasteiger partial charge in [0.15, 0.2) is 0 Å². The van der Waals surface area contributed by atoms with Crippen molar-refractivity contribution in [1.82, 2.24) is 0 Å². The molecular weight excluding hydrogens is 392 g/mol. The number of aliphatic carboxylic acids is 2. The Morgan fingerprint density at radius 2 is 1.27 bits per heavy atom. The number of carboxylic acids is 2. The van der Waals surface area contributed by atoms with Crippen LogP contribution in [0.4, 0.5) is 0 Å². The van der Waals surface area contributed by atoms with E-state index >= 15 is 0 Å². The minimum absolute atomic E-state index is 0.0152. The van der Waals surface area contributed by atoms with Gasteiger partial charge in [-0.15, -0.1) is 0 Å². The molecule has 0 saturated carbocycles. The zero-order valence-electron chi connectivity index (χ0n) is 18.7. The predicted molar refractivity (Wildman–Crippen MR) is 113 cm³/mol. The minimum Gasteiger partial charge on any atom is -0.481 e. The molecule has 178 valence electrons. The molecule has 0 aromatic heterocycles. The number of unbranched alkanes of at least 4 members (excludes halogenated alkanes) is 4. The summed E-state index contributed by atoms with van der Waals surface area (Å²) in [6.45, 7) is 5.18. The fraction of sp³-hybridized carbons (Fsp3) is 0.909. The maximum absolute atomic E-state index is 12.1. The quantitative estimate of drug-likeness (QED) is 0.202. The standard InChI is InChI=1S/C22H42O8/c1-3-5-7-12-29-16-18(23)14-22(21(27)28,11-9-10-20(25)26)15-19(24)17-30-13-8-6-4-2/h18-19,23-24H,3-17H2,1-2H3,(H,25,26)(H,27,28). The smallest absolute Gasteiger partial charge is 0.309 e. The molecule has 2 atom stereocenters. The summed E-state index contributed by atoms with van der Waals surface area (Å²) in [7, 11) is 0. The summed E-state index contributed by atoms with van der Waals surface area (Å²) in [6.07, 6.45) is 3.70. The summed E-state index contributed by atoms with van der Waals surface area (Å²) >= 11 is 0. The lowest BCUT2D eigenvalue weighted by molar-refractivity contribution is -0.156. The first-order valence-electron chi connectivity index (χ1n) is 11.2. The van der Waals surface area contributed by atoms with Gasteiger partial charge in [0.2, 0.25) is 0 Å². The molecule has 0 aliphatic carbocycles. The number of hydrogen-bond acceptors (Lipinski definition) is 6. The molecule has 0 aliphatic heterocycles. The van der Waals surface area contributed by atoms with Crippen LogP contribution in [0.2, 0.25) is 0 Å². The van der Waals surface area contributed by atoms with Crippen LogP contribution in [0.3, 0.4) is 0 Å². The molecule has 0 aromatic carbocycles. The average molecular weight is 435 g/mol. The first-order chi connectivity index (χ1) is 14.3. The maximum atomic E-state index is 12.1. The van der Waals surface area contributed by atoms with E-state index in [0.29, 0.717) is 13.2 Å². The van der Waals surface area contributed by atoms with Crippen LogP contribution in [0.1, 0.15) is 84.5 Å². The molecule has 0 rings (SSSR count). The number of aliphatic hydroxyl groups is 2. The SMILES string of the molecule is CCCCCOCC(O)CC(CCCC(=O)O)(CC(O)COCCCCC)C(=O)O. The Morgan fingerprint density at radius 3 is 1.63 bits per heavy atom. The second-order valence-corrected chi connectivity index (χ2v) is 8.11. The number of aliphatic hydroxyl groups excluding tert-OH is 2. The largest absolute Gasteiger partial charge is 0.481 e. The van der Waals surface area contributed by atoms with Gasteiger partial charge in [0.1, 0.15) is 0 Å². The highest BCUT2D eigenvalue weighted by Crippen LogP contribution is 2.36. The average Bonchev–Trinajstić information content (AvgIpc) is 2.67. The van der Waals surface area contributed by atoms with E-state index in [4.69, 9.17) is 14.6 Å². The molecule has 0 amide bonds. The van der Waals surface area contributed by atoms with Crippen LogP contribution < -0.4 is 0 Å². The Kier molecular flexibility index (Phi) is 16.7. The second kappa shape index (κ2) is 17.5. The highest BCUT2D eigenvalue weighted by atomic mass is 16.5. The van der Waals surface area contributed by atoms with Gasteiger partial charge in [0, 0.05) is 19.6 Å². The molecule has 0 heterocycles. The van der Waals surface area contributed by atoms with E-state index in [1.165, 1.54) is 0 Å². The van der Waals surface area contributed by atoms with Crippen molar-refractivity contribution < 1.29 is 39.5 Å². The molecule has 2 unspecified atom stereocenters. The molecule has 0 radical (unpaired) electrons. The van der Waals surface area contributed by atoms with E-state index in [2.05, 4.69) is 13.8 Å². The summed E-state index contributed by atoms with van der Waals surface area (Å²) in [4.78, 5) is 23.0. The fourth-order valence-electron chi connectivity index (χ4n) is 3.51. The van der Waals surface area contributed by atoms with Gasteiger partial charge in [-0.2, -0.15) is 0 Å². The molecule has 0 spiro atoms. The third-order valence-electron chi connectivity index (χ3n) is 5.16. The summed E-state index contributed by atoms with van der Waals surface area (Å²) < 4.78 is 10.9. The number of carboxylic acid groups (broad SMARTS) is 2. The highest BCUT2D eigenvalue weighted by Gasteiger charge is 2.41. The predicted octanol–water partition coefficient (Wildman–Crippen LogP) is 3.23. The van der Waals surface area contributed by atoms with Gasteiger partial charge < -0.3 is 29.9 Å². The Hall–Kier alpha value is -1.22. The number of ether oxygens (including phenoxy) is 2. The summed E-state index contributed by atoms with van der Waals surface area (Å²) in [5, 5.41) is 39.6. The minimum atomic E-state index is -1.44. The normalized spacial score (nSPS) is 15.5. The zero-order chi connectivity index (χ0) is 22.8. The summed E-state index contributed by atoms with van der Waals surface area (Å²) in [5.74, 6) is -2.16. The van der Waals surface area contributed by atoms with Crippen molar-refractivity contribution in [3.8, 4) is 0 Å². The fourth-order valence-corrected chi connectivity index (χ4v) is 3.51. The molecule has 0 aromatic rings. The van der Waals surface area contributed by atoms with Gasteiger partial charge in [0.05, 0.1) is 30.8 Å². The van der Waals surface area contributed by atoms with Gasteiger partial charge in [-0.3, -0.25) is 9.59 Å². The lowest BCUT2D eigenvalue weighted by Crippen LogP contribution is -2.40. The molecule has 0 aliphatic rings. The van der Waals surface area contributed by atoms with Crippen molar-refractivity contribution in [3.05, 3.63) is 0 Å². The van der Waals surface area contributed by atoms with Crippen LogP contribution in [0.15, 0.2) is 0 Å². The van der Waals surface area contributed by atoms with Crippen LogP contribution in [0.5, 0.6) is 0 Å². The van der Waals surface area contributed by atoms with Crippen LogP contribution in [0, 0.1) is 5.41 Å². The Balaban J connectivity index is 4.89. The van der Waals surface area contributed by atoms with Crippen LogP contribution >= 0.6 is 0 Å². The van der Waals surface area contributed by atoms with Crippen LogP contribution in [-0.4, -0.2) is 71.0 Å². The summed E-state index contributed by atoms with van der Waals surface area (Å²) in [5.41, 5.74) is -1.44. The van der Waals surface area contributed by atoms with Crippen LogP contribution in [-0.2, 0) is 19.1 Å². The maximum Gasteiger partial charge on any atom is 0.309 e. The number of hydrogen-bond donors (Lipinski definition) is 4. The lowest BCUT2D eigenvalue weighted by atomic mass is 9.73. The molecule has 4 N–H and O–H groups in total. The molecule has 30 heavy (non-hydrogen) atoms. The highest BCUT2D eigenvalue weighted by molar-refractivity contribution is 5.75. The zero-order valence-corrected chi connectivity index (χ0v) is 18.7. The second-order valence-electron chi connectivity index (χ2n) is 8.11. The first kappa shape index (κ1) is 28.8. The lowest BCUT2D eigenvalue weighted by Gasteiger charge is -2.33. The number of rotatable bonds is 21. The van der Waals surface area contributed by atoms with Gasteiger partial charge in [-0.05, 0) is 38.5 Å². The Bertz CT molecular complexity index is 432. The third kappa shape index (κ3) is 13.9. The van der Waals surface area contributed by atoms with E-state index in [1.54, 1.807) is 0 Å². The summed E-state index contributed by atoms with van der Waals surface area (Å²) in [6, 6.07) is 0. The molecule has 0 saturated heterocycles. The topological polar surface area (TPSA) is 134 Å². The Labute approximate surface area is 180 Å². The molecule has 8 nitrogen and oxygen atoms in total. The van der Waals surface area contributed by atoms with E-state index in [1.807, 2.05) is 0 Å². The van der Waals surface area contributed by atoms with Gasteiger partial charge >= 0.3 is 11.9 Å². The van der Waals surface area contributed by atoms with E-state index in [-0.39, 0.29) is 45.3 Å². The van der Waals surface area contributed by atoms with Crippen molar-refractivity contribution >= 4 is 11.9 Å². The van der Waals surface area contributed by atoms with Gasteiger partial charge in [0.25, 0.3) is 0 Å². The van der Waals surface area contributed by atoms with Crippen molar-refractivity contribution in [1.29, 1.82) is 0 Å².